The Labute approximate surface area is 99.2 Å². The maximum Gasteiger partial charge on any atom is 0.0965 e. The van der Waals surface area contributed by atoms with Gasteiger partial charge in [0.15, 0.2) is 0 Å². The highest BCUT2D eigenvalue weighted by Gasteiger charge is 2.16. The van der Waals surface area contributed by atoms with Crippen molar-refractivity contribution in [2.24, 2.45) is 0 Å². The highest BCUT2D eigenvalue weighted by atomic mass is 15.3. The zero-order chi connectivity index (χ0) is 11.8. The summed E-state index contributed by atoms with van der Waals surface area (Å²) in [6.45, 7) is 12.0. The monoisotopic (exact) mass is 224 g/mol. The summed E-state index contributed by atoms with van der Waals surface area (Å²) in [6.07, 6.45) is 0.941. The third-order valence-corrected chi connectivity index (χ3v) is 3.25. The molecule has 0 radical (unpaired) electrons. The van der Waals surface area contributed by atoms with Crippen molar-refractivity contribution in [1.82, 2.24) is 15.1 Å². The first kappa shape index (κ1) is 13.4. The van der Waals surface area contributed by atoms with Crippen LogP contribution in [-0.2, 0) is 0 Å². The molecule has 0 saturated carbocycles. The first-order valence-corrected chi connectivity index (χ1v) is 6.37. The summed E-state index contributed by atoms with van der Waals surface area (Å²) < 4.78 is 0. The fraction of sp³-hybridized carbons (Fsp3) is 0.917. The lowest BCUT2D eigenvalue weighted by Crippen LogP contribution is -2.47. The molecule has 1 aliphatic rings. The maximum atomic E-state index is 8.93. The van der Waals surface area contributed by atoms with Crippen LogP contribution in [-0.4, -0.2) is 61.7 Å². The van der Waals surface area contributed by atoms with Crippen LogP contribution in [0.25, 0.3) is 0 Å². The summed E-state index contributed by atoms with van der Waals surface area (Å²) in [6, 6.07) is 2.34. The third-order valence-electron chi connectivity index (χ3n) is 3.25. The largest absolute Gasteiger partial charge is 0.302 e. The van der Waals surface area contributed by atoms with Gasteiger partial charge in [-0.2, -0.15) is 5.26 Å². The molecule has 1 N–H and O–H groups in total. The summed E-state index contributed by atoms with van der Waals surface area (Å²) in [5.41, 5.74) is 0. The molecule has 92 valence electrons. The lowest BCUT2D eigenvalue weighted by molar-refractivity contribution is 0.134. The molecule has 1 aliphatic heterocycles. The third kappa shape index (κ3) is 4.48. The van der Waals surface area contributed by atoms with E-state index in [2.05, 4.69) is 28.1 Å². The minimum Gasteiger partial charge on any atom is -0.302 e. The summed E-state index contributed by atoms with van der Waals surface area (Å²) in [4.78, 5) is 4.94. The summed E-state index contributed by atoms with van der Waals surface area (Å²) >= 11 is 0. The molecule has 1 unspecified atom stereocenters. The van der Waals surface area contributed by atoms with Crippen molar-refractivity contribution in [3.8, 4) is 6.07 Å². The average molecular weight is 224 g/mol. The van der Waals surface area contributed by atoms with Crippen LogP contribution in [0, 0.1) is 11.3 Å². The van der Waals surface area contributed by atoms with Gasteiger partial charge in [-0.15, -0.1) is 0 Å². The first-order valence-electron chi connectivity index (χ1n) is 6.37. The molecule has 0 spiro atoms. The molecule has 4 nitrogen and oxygen atoms in total. The molecule has 1 atom stereocenters. The molecule has 1 fully saturated rings. The van der Waals surface area contributed by atoms with Crippen molar-refractivity contribution >= 4 is 0 Å². The van der Waals surface area contributed by atoms with E-state index in [1.165, 1.54) is 13.1 Å². The minimum absolute atomic E-state index is 0.0224. The van der Waals surface area contributed by atoms with Crippen LogP contribution >= 0.6 is 0 Å². The van der Waals surface area contributed by atoms with Crippen molar-refractivity contribution in [3.05, 3.63) is 0 Å². The van der Waals surface area contributed by atoms with Gasteiger partial charge in [0, 0.05) is 32.7 Å². The molecule has 1 saturated heterocycles. The summed E-state index contributed by atoms with van der Waals surface area (Å²) in [5.74, 6) is 0. The SMILES string of the molecule is CCNC(C#N)CCN1CCN(CC)CC1. The standard InChI is InChI=1S/C12H24N4/c1-3-14-12(11-13)5-6-16-9-7-15(4-2)8-10-16/h12,14H,3-10H2,1-2H3. The number of likely N-dealkylation sites (N-methyl/N-ethyl adjacent to an activating group) is 1. The Balaban J connectivity index is 2.16. The van der Waals surface area contributed by atoms with Gasteiger partial charge in [-0.3, -0.25) is 0 Å². The van der Waals surface area contributed by atoms with Crippen molar-refractivity contribution in [1.29, 1.82) is 5.26 Å². The molecule has 0 aromatic heterocycles. The number of nitrogens with zero attached hydrogens (tertiary/aromatic N) is 3. The number of nitriles is 1. The molecule has 0 amide bonds. The Morgan fingerprint density at radius 2 is 1.81 bits per heavy atom. The zero-order valence-electron chi connectivity index (χ0n) is 10.6. The van der Waals surface area contributed by atoms with Crippen molar-refractivity contribution in [2.45, 2.75) is 26.3 Å². The van der Waals surface area contributed by atoms with Crippen LogP contribution in [0.5, 0.6) is 0 Å². The Kier molecular flexibility index (Phi) is 6.39. The predicted octanol–water partition coefficient (Wildman–Crippen LogP) is 0.516. The van der Waals surface area contributed by atoms with E-state index >= 15 is 0 Å². The molecule has 0 aliphatic carbocycles. The van der Waals surface area contributed by atoms with Crippen LogP contribution in [0.15, 0.2) is 0 Å². The van der Waals surface area contributed by atoms with E-state index in [0.717, 1.165) is 39.1 Å². The molecule has 4 heteroatoms. The van der Waals surface area contributed by atoms with E-state index in [0.29, 0.717) is 0 Å². The normalized spacial score (nSPS) is 20.6. The molecule has 1 rings (SSSR count). The van der Waals surface area contributed by atoms with E-state index in [1.807, 2.05) is 6.92 Å². The van der Waals surface area contributed by atoms with E-state index < -0.39 is 0 Å². The Bertz CT molecular complexity index is 216. The second-order valence-corrected chi connectivity index (χ2v) is 4.30. The van der Waals surface area contributed by atoms with Gasteiger partial charge in [-0.25, -0.2) is 0 Å². The fourth-order valence-corrected chi connectivity index (χ4v) is 2.10. The Morgan fingerprint density at radius 1 is 1.19 bits per heavy atom. The molecular formula is C12H24N4. The number of rotatable bonds is 6. The lowest BCUT2D eigenvalue weighted by Gasteiger charge is -2.34. The Morgan fingerprint density at radius 3 is 2.31 bits per heavy atom. The fourth-order valence-electron chi connectivity index (χ4n) is 2.10. The van der Waals surface area contributed by atoms with Gasteiger partial charge >= 0.3 is 0 Å². The quantitative estimate of drug-likeness (QED) is 0.714. The highest BCUT2D eigenvalue weighted by Crippen LogP contribution is 2.03. The smallest absolute Gasteiger partial charge is 0.0965 e. The van der Waals surface area contributed by atoms with Crippen molar-refractivity contribution in [2.75, 3.05) is 45.8 Å². The second-order valence-electron chi connectivity index (χ2n) is 4.30. The highest BCUT2D eigenvalue weighted by molar-refractivity contribution is 4.90. The van der Waals surface area contributed by atoms with E-state index in [1.54, 1.807) is 0 Å². The molecule has 0 aromatic carbocycles. The second kappa shape index (κ2) is 7.61. The number of hydrogen-bond acceptors (Lipinski definition) is 4. The number of hydrogen-bond donors (Lipinski definition) is 1. The van der Waals surface area contributed by atoms with Gasteiger partial charge in [-0.05, 0) is 19.5 Å². The summed E-state index contributed by atoms with van der Waals surface area (Å²) in [7, 11) is 0. The first-order chi connectivity index (χ1) is 7.80. The zero-order valence-corrected chi connectivity index (χ0v) is 10.6. The average Bonchev–Trinajstić information content (AvgIpc) is 2.35. The van der Waals surface area contributed by atoms with E-state index in [9.17, 15) is 0 Å². The number of nitrogens with one attached hydrogen (secondary N) is 1. The predicted molar refractivity (Wildman–Crippen MR) is 66.2 cm³/mol. The van der Waals surface area contributed by atoms with Crippen LogP contribution < -0.4 is 5.32 Å². The molecular weight excluding hydrogens is 200 g/mol. The minimum atomic E-state index is 0.0224. The number of piperazine rings is 1. The van der Waals surface area contributed by atoms with Gasteiger partial charge in [-0.1, -0.05) is 13.8 Å². The van der Waals surface area contributed by atoms with Crippen molar-refractivity contribution < 1.29 is 0 Å². The van der Waals surface area contributed by atoms with Crippen molar-refractivity contribution in [3.63, 3.8) is 0 Å². The van der Waals surface area contributed by atoms with Gasteiger partial charge in [0.05, 0.1) is 12.1 Å². The van der Waals surface area contributed by atoms with Crippen LogP contribution in [0.1, 0.15) is 20.3 Å². The van der Waals surface area contributed by atoms with Gasteiger partial charge < -0.3 is 15.1 Å². The van der Waals surface area contributed by atoms with Crippen LogP contribution in [0.3, 0.4) is 0 Å². The Hall–Kier alpha value is -0.630. The molecule has 16 heavy (non-hydrogen) atoms. The van der Waals surface area contributed by atoms with E-state index in [-0.39, 0.29) is 6.04 Å². The van der Waals surface area contributed by atoms with E-state index in [4.69, 9.17) is 5.26 Å². The summed E-state index contributed by atoms with van der Waals surface area (Å²) in [5, 5.41) is 12.1. The molecule has 1 heterocycles. The maximum absolute atomic E-state index is 8.93. The molecule has 0 bridgehead atoms. The lowest BCUT2D eigenvalue weighted by atomic mass is 10.2. The molecule has 0 aromatic rings. The van der Waals surface area contributed by atoms with Crippen LogP contribution in [0.2, 0.25) is 0 Å². The van der Waals surface area contributed by atoms with Gasteiger partial charge in [0.2, 0.25) is 0 Å². The van der Waals surface area contributed by atoms with Gasteiger partial charge in [0.25, 0.3) is 0 Å². The van der Waals surface area contributed by atoms with Crippen LogP contribution in [0.4, 0.5) is 0 Å². The van der Waals surface area contributed by atoms with Gasteiger partial charge in [0.1, 0.15) is 0 Å². The topological polar surface area (TPSA) is 42.3 Å².